The topological polar surface area (TPSA) is 42.3 Å². The van der Waals surface area contributed by atoms with Gasteiger partial charge in [0.25, 0.3) is 0 Å². The van der Waals surface area contributed by atoms with Crippen molar-refractivity contribution in [1.29, 1.82) is 5.26 Å². The first-order chi connectivity index (χ1) is 9.60. The third kappa shape index (κ3) is 3.52. The molecule has 1 saturated heterocycles. The summed E-state index contributed by atoms with van der Waals surface area (Å²) in [7, 11) is 0. The van der Waals surface area contributed by atoms with E-state index in [4.69, 9.17) is 0 Å². The van der Waals surface area contributed by atoms with Crippen molar-refractivity contribution in [2.24, 2.45) is 0 Å². The predicted octanol–water partition coefficient (Wildman–Crippen LogP) is 1.83. The van der Waals surface area contributed by atoms with Crippen LogP contribution in [0.2, 0.25) is 0 Å². The van der Waals surface area contributed by atoms with Crippen LogP contribution >= 0.6 is 0 Å². The Hall–Kier alpha value is -0.630. The van der Waals surface area contributed by atoms with Crippen molar-refractivity contribution >= 4 is 0 Å². The fourth-order valence-corrected chi connectivity index (χ4v) is 3.62. The third-order valence-electron chi connectivity index (χ3n) is 5.01. The molecule has 0 aromatic heterocycles. The molecule has 2 atom stereocenters. The van der Waals surface area contributed by atoms with Crippen LogP contribution in [-0.4, -0.2) is 60.1 Å². The number of nitriles is 1. The van der Waals surface area contributed by atoms with Crippen molar-refractivity contribution in [2.75, 3.05) is 32.7 Å². The van der Waals surface area contributed by atoms with Crippen molar-refractivity contribution in [3.63, 3.8) is 0 Å². The molecule has 0 spiro atoms. The summed E-state index contributed by atoms with van der Waals surface area (Å²) >= 11 is 0. The lowest BCUT2D eigenvalue weighted by molar-refractivity contribution is 0.0781. The van der Waals surface area contributed by atoms with Crippen molar-refractivity contribution in [3.05, 3.63) is 0 Å². The van der Waals surface area contributed by atoms with Gasteiger partial charge in [-0.2, -0.15) is 5.26 Å². The minimum atomic E-state index is -0.254. The summed E-state index contributed by atoms with van der Waals surface area (Å²) in [4.78, 5) is 5.17. The van der Waals surface area contributed by atoms with E-state index in [0.717, 1.165) is 38.9 Å². The Morgan fingerprint density at radius 2 is 2.00 bits per heavy atom. The summed E-state index contributed by atoms with van der Waals surface area (Å²) in [6, 6.07) is 3.82. The van der Waals surface area contributed by atoms with Gasteiger partial charge < -0.3 is 0 Å². The van der Waals surface area contributed by atoms with Gasteiger partial charge in [-0.25, -0.2) is 0 Å². The van der Waals surface area contributed by atoms with Crippen LogP contribution in [0.5, 0.6) is 0 Å². The second kappa shape index (κ2) is 6.89. The maximum Gasteiger partial charge on any atom is 0.108 e. The quantitative estimate of drug-likeness (QED) is 0.833. The Balaban J connectivity index is 1.85. The molecule has 4 heteroatoms. The molecule has 1 N–H and O–H groups in total. The molecule has 0 aromatic carbocycles. The van der Waals surface area contributed by atoms with Crippen LogP contribution in [0.1, 0.15) is 46.5 Å². The second-order valence-corrected chi connectivity index (χ2v) is 6.68. The van der Waals surface area contributed by atoms with E-state index in [1.165, 1.54) is 19.5 Å². The van der Waals surface area contributed by atoms with Crippen LogP contribution in [0.25, 0.3) is 0 Å². The second-order valence-electron chi connectivity index (χ2n) is 6.68. The maximum atomic E-state index is 9.53. The van der Waals surface area contributed by atoms with E-state index in [9.17, 15) is 5.26 Å². The van der Waals surface area contributed by atoms with Gasteiger partial charge in [-0.15, -0.1) is 0 Å². The zero-order chi connectivity index (χ0) is 14.6. The monoisotopic (exact) mass is 278 g/mol. The lowest BCUT2D eigenvalue weighted by Crippen LogP contribution is -2.52. The summed E-state index contributed by atoms with van der Waals surface area (Å²) < 4.78 is 0. The summed E-state index contributed by atoms with van der Waals surface area (Å²) in [6.07, 6.45) is 4.29. The van der Waals surface area contributed by atoms with Crippen LogP contribution in [-0.2, 0) is 0 Å². The van der Waals surface area contributed by atoms with Gasteiger partial charge in [-0.3, -0.25) is 15.1 Å². The first kappa shape index (κ1) is 15.8. The molecule has 2 unspecified atom stereocenters. The van der Waals surface area contributed by atoms with E-state index in [1.54, 1.807) is 0 Å². The van der Waals surface area contributed by atoms with Crippen LogP contribution in [0.3, 0.4) is 0 Å². The highest BCUT2D eigenvalue weighted by molar-refractivity contribution is 5.13. The lowest BCUT2D eigenvalue weighted by Gasteiger charge is -2.40. The Morgan fingerprint density at radius 1 is 1.30 bits per heavy atom. The van der Waals surface area contributed by atoms with Gasteiger partial charge in [0.05, 0.1) is 6.07 Å². The first-order valence-corrected chi connectivity index (χ1v) is 8.24. The molecule has 2 fully saturated rings. The lowest BCUT2D eigenvalue weighted by atomic mass is 9.99. The molecule has 1 saturated carbocycles. The number of rotatable bonds is 5. The molecule has 114 valence electrons. The highest BCUT2D eigenvalue weighted by Crippen LogP contribution is 2.33. The summed E-state index contributed by atoms with van der Waals surface area (Å²) in [5, 5.41) is 13.0. The molecule has 20 heavy (non-hydrogen) atoms. The van der Waals surface area contributed by atoms with Crippen molar-refractivity contribution < 1.29 is 0 Å². The summed E-state index contributed by atoms with van der Waals surface area (Å²) in [5.74, 6) is 0. The van der Waals surface area contributed by atoms with E-state index >= 15 is 0 Å². The van der Waals surface area contributed by atoms with Crippen molar-refractivity contribution in [2.45, 2.75) is 64.1 Å². The molecule has 1 aliphatic heterocycles. The van der Waals surface area contributed by atoms with Gasteiger partial charge in [0.15, 0.2) is 0 Å². The molecule has 2 aliphatic rings. The van der Waals surface area contributed by atoms with Gasteiger partial charge in [-0.1, -0.05) is 6.92 Å². The average Bonchev–Trinajstić information content (AvgIpc) is 2.90. The fourth-order valence-electron chi connectivity index (χ4n) is 3.62. The Morgan fingerprint density at radius 3 is 2.55 bits per heavy atom. The number of hydrogen-bond donors (Lipinski definition) is 1. The number of piperazine rings is 1. The number of nitrogens with one attached hydrogen (secondary N) is 1. The van der Waals surface area contributed by atoms with Crippen LogP contribution in [0.15, 0.2) is 0 Å². The minimum absolute atomic E-state index is 0.254. The molecule has 0 radical (unpaired) electrons. The molecular weight excluding hydrogens is 248 g/mol. The minimum Gasteiger partial charge on any atom is -0.299 e. The average molecular weight is 278 g/mol. The molecule has 1 heterocycles. The van der Waals surface area contributed by atoms with Crippen LogP contribution in [0.4, 0.5) is 0 Å². The number of hydrogen-bond acceptors (Lipinski definition) is 4. The Labute approximate surface area is 124 Å². The third-order valence-corrected chi connectivity index (χ3v) is 5.01. The number of nitrogens with zero attached hydrogens (tertiary/aromatic N) is 3. The zero-order valence-electron chi connectivity index (χ0n) is 13.4. The van der Waals surface area contributed by atoms with Gasteiger partial charge in [0.1, 0.15) is 5.54 Å². The largest absolute Gasteiger partial charge is 0.299 e. The SMILES string of the molecule is CCCNC1(C#N)CCC(N2CCN(C(C)C)CC2)C1. The standard InChI is InChI=1S/C16H30N4/c1-4-7-18-16(13-17)6-5-15(12-16)20-10-8-19(9-11-20)14(2)3/h14-15,18H,4-12H2,1-3H3. The molecular formula is C16H30N4. The predicted molar refractivity (Wildman–Crippen MR) is 82.6 cm³/mol. The van der Waals surface area contributed by atoms with Crippen LogP contribution in [0, 0.1) is 11.3 Å². The van der Waals surface area contributed by atoms with E-state index in [1.807, 2.05) is 0 Å². The van der Waals surface area contributed by atoms with Gasteiger partial charge in [-0.05, 0) is 46.1 Å². The summed E-state index contributed by atoms with van der Waals surface area (Å²) in [6.45, 7) is 12.4. The molecule has 0 aromatic rings. The van der Waals surface area contributed by atoms with E-state index in [2.05, 4.69) is 42.0 Å². The molecule has 0 bridgehead atoms. The smallest absolute Gasteiger partial charge is 0.108 e. The first-order valence-electron chi connectivity index (χ1n) is 8.24. The maximum absolute atomic E-state index is 9.53. The fraction of sp³-hybridized carbons (Fsp3) is 0.938. The van der Waals surface area contributed by atoms with E-state index in [0.29, 0.717) is 12.1 Å². The highest BCUT2D eigenvalue weighted by atomic mass is 15.3. The molecule has 1 aliphatic carbocycles. The molecule has 4 nitrogen and oxygen atoms in total. The van der Waals surface area contributed by atoms with Crippen LogP contribution < -0.4 is 5.32 Å². The summed E-state index contributed by atoms with van der Waals surface area (Å²) in [5.41, 5.74) is -0.254. The van der Waals surface area contributed by atoms with Crippen molar-refractivity contribution in [3.8, 4) is 6.07 Å². The molecule has 0 amide bonds. The van der Waals surface area contributed by atoms with E-state index in [-0.39, 0.29) is 5.54 Å². The Bertz CT molecular complexity index is 341. The van der Waals surface area contributed by atoms with Gasteiger partial charge in [0.2, 0.25) is 0 Å². The molecule has 2 rings (SSSR count). The van der Waals surface area contributed by atoms with Gasteiger partial charge in [0, 0.05) is 38.3 Å². The Kier molecular flexibility index (Phi) is 5.42. The highest BCUT2D eigenvalue weighted by Gasteiger charge is 2.41. The normalized spacial score (nSPS) is 32.6. The zero-order valence-corrected chi connectivity index (χ0v) is 13.4. The van der Waals surface area contributed by atoms with Crippen molar-refractivity contribution in [1.82, 2.24) is 15.1 Å². The van der Waals surface area contributed by atoms with Gasteiger partial charge >= 0.3 is 0 Å². The van der Waals surface area contributed by atoms with E-state index < -0.39 is 0 Å².